The highest BCUT2D eigenvalue weighted by Gasteiger charge is 2.16. The average Bonchev–Trinajstić information content (AvgIpc) is 2.88. The maximum absolute atomic E-state index is 12.1. The van der Waals surface area contributed by atoms with Crippen molar-refractivity contribution in [2.24, 2.45) is 0 Å². The summed E-state index contributed by atoms with van der Waals surface area (Å²) >= 11 is 0. The number of rotatable bonds is 5. The highest BCUT2D eigenvalue weighted by molar-refractivity contribution is 7.92. The van der Waals surface area contributed by atoms with Gasteiger partial charge in [-0.1, -0.05) is 12.1 Å². The van der Waals surface area contributed by atoms with Gasteiger partial charge >= 0.3 is 0 Å². The van der Waals surface area contributed by atoms with E-state index >= 15 is 0 Å². The predicted octanol–water partition coefficient (Wildman–Crippen LogP) is 0.807. The lowest BCUT2D eigenvalue weighted by atomic mass is 10.1. The summed E-state index contributed by atoms with van der Waals surface area (Å²) in [5.41, 5.74) is 1.22. The Morgan fingerprint density at radius 1 is 1.29 bits per heavy atom. The van der Waals surface area contributed by atoms with Crippen LogP contribution in [0.15, 0.2) is 35.5 Å². The smallest absolute Gasteiger partial charge is 0.278 e. The Labute approximate surface area is 122 Å². The number of benzene rings is 1. The van der Waals surface area contributed by atoms with Crippen molar-refractivity contribution in [3.05, 3.63) is 41.9 Å². The maximum Gasteiger partial charge on any atom is 0.278 e. The van der Waals surface area contributed by atoms with E-state index in [0.717, 1.165) is 5.56 Å². The normalized spacial score (nSPS) is 11.1. The number of sulfonamides is 1. The standard InChI is InChI=1S/C13H16N4O3S/c1-9-15-8-13(16-9)21(19,20)17-11-5-3-10(4-6-11)7-12(18)14-2/h3-6,8,17H,7H2,1-2H3,(H,14,18)(H,15,16). The van der Waals surface area contributed by atoms with E-state index in [1.54, 1.807) is 38.2 Å². The predicted molar refractivity (Wildman–Crippen MR) is 78.3 cm³/mol. The van der Waals surface area contributed by atoms with Crippen molar-refractivity contribution < 1.29 is 13.2 Å². The molecule has 0 atom stereocenters. The van der Waals surface area contributed by atoms with Gasteiger partial charge in [0, 0.05) is 12.7 Å². The van der Waals surface area contributed by atoms with Gasteiger partial charge in [-0.05, 0) is 24.6 Å². The molecule has 0 saturated heterocycles. The van der Waals surface area contributed by atoms with Crippen molar-refractivity contribution >= 4 is 21.6 Å². The zero-order valence-electron chi connectivity index (χ0n) is 11.7. The summed E-state index contributed by atoms with van der Waals surface area (Å²) in [7, 11) is -2.11. The molecule has 0 aliphatic heterocycles. The van der Waals surface area contributed by atoms with Crippen LogP contribution in [0.4, 0.5) is 5.69 Å². The van der Waals surface area contributed by atoms with Gasteiger partial charge in [0.25, 0.3) is 10.0 Å². The topological polar surface area (TPSA) is 104 Å². The molecular weight excluding hydrogens is 292 g/mol. The number of hydrogen-bond donors (Lipinski definition) is 3. The van der Waals surface area contributed by atoms with E-state index in [2.05, 4.69) is 20.0 Å². The van der Waals surface area contributed by atoms with Crippen LogP contribution in [0.2, 0.25) is 0 Å². The summed E-state index contributed by atoms with van der Waals surface area (Å²) in [5, 5.41) is 2.54. The van der Waals surface area contributed by atoms with Crippen LogP contribution in [-0.4, -0.2) is 31.3 Å². The summed E-state index contributed by atoms with van der Waals surface area (Å²) in [6.45, 7) is 1.67. The Kier molecular flexibility index (Phi) is 4.27. The van der Waals surface area contributed by atoms with E-state index < -0.39 is 10.0 Å². The molecule has 0 saturated carbocycles. The third kappa shape index (κ3) is 3.82. The molecule has 112 valence electrons. The SMILES string of the molecule is CNC(=O)Cc1ccc(NS(=O)(=O)c2cnc(C)[nH]2)cc1. The molecule has 1 heterocycles. The number of anilines is 1. The van der Waals surface area contributed by atoms with Gasteiger partial charge < -0.3 is 10.3 Å². The van der Waals surface area contributed by atoms with Crippen molar-refractivity contribution in [1.82, 2.24) is 15.3 Å². The number of aryl methyl sites for hydroxylation is 1. The number of aromatic amines is 1. The number of hydrogen-bond acceptors (Lipinski definition) is 4. The molecule has 0 bridgehead atoms. The minimum Gasteiger partial charge on any atom is -0.359 e. The molecular formula is C13H16N4O3S. The molecule has 0 unspecified atom stereocenters. The minimum atomic E-state index is -3.68. The Bertz CT molecular complexity index is 735. The second-order valence-corrected chi connectivity index (χ2v) is 6.14. The van der Waals surface area contributed by atoms with Gasteiger partial charge in [-0.2, -0.15) is 8.42 Å². The molecule has 2 aromatic rings. The van der Waals surface area contributed by atoms with E-state index in [4.69, 9.17) is 0 Å². The number of aromatic nitrogens is 2. The summed E-state index contributed by atoms with van der Waals surface area (Å²) in [4.78, 5) is 17.8. The van der Waals surface area contributed by atoms with Crippen LogP contribution in [0.25, 0.3) is 0 Å². The van der Waals surface area contributed by atoms with Gasteiger partial charge in [-0.3, -0.25) is 9.52 Å². The molecule has 3 N–H and O–H groups in total. The van der Waals surface area contributed by atoms with E-state index in [1.165, 1.54) is 6.20 Å². The number of nitrogens with one attached hydrogen (secondary N) is 3. The molecule has 21 heavy (non-hydrogen) atoms. The number of nitrogens with zero attached hydrogens (tertiary/aromatic N) is 1. The fourth-order valence-electron chi connectivity index (χ4n) is 1.71. The van der Waals surface area contributed by atoms with Gasteiger partial charge in [0.15, 0.2) is 5.03 Å². The quantitative estimate of drug-likeness (QED) is 0.760. The Morgan fingerprint density at radius 3 is 2.48 bits per heavy atom. The number of carbonyl (C=O) groups excluding carboxylic acids is 1. The molecule has 7 nitrogen and oxygen atoms in total. The Balaban J connectivity index is 2.11. The van der Waals surface area contributed by atoms with Crippen LogP contribution in [0.5, 0.6) is 0 Å². The third-order valence-electron chi connectivity index (χ3n) is 2.82. The number of likely N-dealkylation sites (N-methyl/N-ethyl adjacent to an activating group) is 1. The lowest BCUT2D eigenvalue weighted by Gasteiger charge is -2.07. The van der Waals surface area contributed by atoms with E-state index in [-0.39, 0.29) is 17.4 Å². The van der Waals surface area contributed by atoms with Gasteiger partial charge in [-0.15, -0.1) is 0 Å². The molecule has 2 rings (SSSR count). The summed E-state index contributed by atoms with van der Waals surface area (Å²) in [5.74, 6) is 0.424. The van der Waals surface area contributed by atoms with Crippen molar-refractivity contribution in [2.75, 3.05) is 11.8 Å². The molecule has 0 aliphatic carbocycles. The van der Waals surface area contributed by atoms with E-state index in [0.29, 0.717) is 11.5 Å². The summed E-state index contributed by atoms with van der Waals surface area (Å²) < 4.78 is 26.6. The lowest BCUT2D eigenvalue weighted by molar-refractivity contribution is -0.119. The third-order valence-corrected chi connectivity index (χ3v) is 4.11. The minimum absolute atomic E-state index is 0.00874. The Hall–Kier alpha value is -2.35. The second kappa shape index (κ2) is 5.96. The fourth-order valence-corrected chi connectivity index (χ4v) is 2.74. The van der Waals surface area contributed by atoms with Crippen molar-refractivity contribution in [3.63, 3.8) is 0 Å². The van der Waals surface area contributed by atoms with Crippen LogP contribution in [0.1, 0.15) is 11.4 Å². The number of carbonyl (C=O) groups is 1. The number of H-pyrrole nitrogens is 1. The van der Waals surface area contributed by atoms with Crippen molar-refractivity contribution in [3.8, 4) is 0 Å². The highest BCUT2D eigenvalue weighted by atomic mass is 32.2. The first kappa shape index (κ1) is 15.0. The number of imidazole rings is 1. The Morgan fingerprint density at radius 2 is 1.95 bits per heavy atom. The molecule has 0 radical (unpaired) electrons. The molecule has 0 spiro atoms. The first-order valence-electron chi connectivity index (χ1n) is 6.24. The van der Waals surface area contributed by atoms with Crippen LogP contribution in [0.3, 0.4) is 0 Å². The molecule has 0 fully saturated rings. The fraction of sp³-hybridized carbons (Fsp3) is 0.231. The first-order chi connectivity index (χ1) is 9.90. The molecule has 1 amide bonds. The van der Waals surface area contributed by atoms with Crippen LogP contribution in [-0.2, 0) is 21.2 Å². The van der Waals surface area contributed by atoms with E-state index in [1.807, 2.05) is 0 Å². The lowest BCUT2D eigenvalue weighted by Crippen LogP contribution is -2.19. The van der Waals surface area contributed by atoms with Crippen LogP contribution < -0.4 is 10.0 Å². The average molecular weight is 308 g/mol. The first-order valence-corrected chi connectivity index (χ1v) is 7.73. The largest absolute Gasteiger partial charge is 0.359 e. The zero-order chi connectivity index (χ0) is 15.5. The second-order valence-electron chi connectivity index (χ2n) is 4.49. The zero-order valence-corrected chi connectivity index (χ0v) is 12.5. The van der Waals surface area contributed by atoms with Crippen molar-refractivity contribution in [1.29, 1.82) is 0 Å². The van der Waals surface area contributed by atoms with Gasteiger partial charge in [0.05, 0.1) is 12.6 Å². The molecule has 1 aromatic heterocycles. The van der Waals surface area contributed by atoms with Crippen molar-refractivity contribution in [2.45, 2.75) is 18.4 Å². The molecule has 1 aromatic carbocycles. The van der Waals surface area contributed by atoms with E-state index in [9.17, 15) is 13.2 Å². The van der Waals surface area contributed by atoms with Gasteiger partial charge in [0.2, 0.25) is 5.91 Å². The van der Waals surface area contributed by atoms with Gasteiger partial charge in [-0.25, -0.2) is 4.98 Å². The van der Waals surface area contributed by atoms with Gasteiger partial charge in [0.1, 0.15) is 5.82 Å². The number of amides is 1. The molecule has 8 heteroatoms. The van der Waals surface area contributed by atoms with Crippen LogP contribution >= 0.6 is 0 Å². The summed E-state index contributed by atoms with van der Waals surface area (Å²) in [6.07, 6.45) is 1.51. The monoisotopic (exact) mass is 308 g/mol. The summed E-state index contributed by atoms with van der Waals surface area (Å²) in [6, 6.07) is 6.62. The van der Waals surface area contributed by atoms with Crippen LogP contribution in [0, 0.1) is 6.92 Å². The molecule has 0 aliphatic rings. The highest BCUT2D eigenvalue weighted by Crippen LogP contribution is 2.15. The maximum atomic E-state index is 12.1.